The number of carbonyl (C=O) groups is 1. The van der Waals surface area contributed by atoms with Crippen molar-refractivity contribution in [1.29, 1.82) is 0 Å². The molecule has 0 radical (unpaired) electrons. The van der Waals surface area contributed by atoms with Crippen molar-refractivity contribution in [2.75, 3.05) is 6.54 Å². The van der Waals surface area contributed by atoms with Gasteiger partial charge in [0.15, 0.2) is 0 Å². The van der Waals surface area contributed by atoms with E-state index >= 15 is 0 Å². The Kier molecular flexibility index (Phi) is 3.85. The molecule has 1 aromatic heterocycles. The Labute approximate surface area is 99.8 Å². The van der Waals surface area contributed by atoms with Crippen molar-refractivity contribution in [3.05, 3.63) is 41.5 Å². The number of aromatic nitrogens is 1. The van der Waals surface area contributed by atoms with E-state index in [4.69, 9.17) is 0 Å². The van der Waals surface area contributed by atoms with Gasteiger partial charge in [-0.3, -0.25) is 4.79 Å². The Morgan fingerprint density at radius 1 is 1.47 bits per heavy atom. The number of allylic oxidation sites excluding steroid dienone is 1. The van der Waals surface area contributed by atoms with Crippen molar-refractivity contribution in [1.82, 2.24) is 10.3 Å². The molecule has 17 heavy (non-hydrogen) atoms. The summed E-state index contributed by atoms with van der Waals surface area (Å²) in [5.74, 6) is -0.770. The highest BCUT2D eigenvalue weighted by Gasteiger charge is 2.07. The van der Waals surface area contributed by atoms with Gasteiger partial charge in [0.25, 0.3) is 5.91 Å². The van der Waals surface area contributed by atoms with Crippen molar-refractivity contribution < 1.29 is 9.18 Å². The number of halogens is 1. The first-order valence-corrected chi connectivity index (χ1v) is 5.83. The highest BCUT2D eigenvalue weighted by Crippen LogP contribution is 2.19. The lowest BCUT2D eigenvalue weighted by Crippen LogP contribution is -2.24. The number of pyridine rings is 1. The van der Waals surface area contributed by atoms with E-state index in [9.17, 15) is 9.18 Å². The molecule has 1 aromatic rings. The first-order chi connectivity index (χ1) is 8.25. The van der Waals surface area contributed by atoms with Crippen LogP contribution >= 0.6 is 0 Å². The van der Waals surface area contributed by atoms with E-state index in [1.807, 2.05) is 0 Å². The van der Waals surface area contributed by atoms with Crippen molar-refractivity contribution in [3.63, 3.8) is 0 Å². The second-order valence-electron chi connectivity index (χ2n) is 4.13. The van der Waals surface area contributed by atoms with Gasteiger partial charge in [0.1, 0.15) is 0 Å². The molecule has 0 atom stereocenters. The first kappa shape index (κ1) is 11.8. The minimum Gasteiger partial charge on any atom is -0.352 e. The zero-order valence-corrected chi connectivity index (χ0v) is 9.58. The Bertz CT molecular complexity index is 426. The maximum absolute atomic E-state index is 12.6. The van der Waals surface area contributed by atoms with Crippen LogP contribution in [-0.4, -0.2) is 17.4 Å². The van der Waals surface area contributed by atoms with E-state index in [0.717, 1.165) is 19.3 Å². The standard InChI is InChI=1S/C13H15FN2O/c14-12-6-5-11(9-16-12)13(17)15-8-7-10-3-1-2-4-10/h3,5-6,9H,1-2,4,7-8H2,(H,15,17). The summed E-state index contributed by atoms with van der Waals surface area (Å²) >= 11 is 0. The number of amides is 1. The third-order valence-electron chi connectivity index (χ3n) is 2.86. The topological polar surface area (TPSA) is 42.0 Å². The van der Waals surface area contributed by atoms with Crippen LogP contribution in [0.3, 0.4) is 0 Å². The van der Waals surface area contributed by atoms with Crippen LogP contribution in [0.15, 0.2) is 30.0 Å². The van der Waals surface area contributed by atoms with Crippen LogP contribution in [0.4, 0.5) is 4.39 Å². The minimum absolute atomic E-state index is 0.198. The highest BCUT2D eigenvalue weighted by molar-refractivity contribution is 5.93. The lowest BCUT2D eigenvalue weighted by molar-refractivity contribution is 0.0953. The predicted molar refractivity (Wildman–Crippen MR) is 63.1 cm³/mol. The maximum atomic E-state index is 12.6. The average molecular weight is 234 g/mol. The fourth-order valence-corrected chi connectivity index (χ4v) is 1.91. The molecule has 2 rings (SSSR count). The van der Waals surface area contributed by atoms with Crippen molar-refractivity contribution in [3.8, 4) is 0 Å². The van der Waals surface area contributed by atoms with Gasteiger partial charge in [-0.25, -0.2) is 4.98 Å². The molecule has 3 nitrogen and oxygen atoms in total. The van der Waals surface area contributed by atoms with Crippen LogP contribution in [0, 0.1) is 5.95 Å². The molecule has 1 aliphatic rings. The number of hydrogen-bond donors (Lipinski definition) is 1. The van der Waals surface area contributed by atoms with Crippen LogP contribution in [-0.2, 0) is 0 Å². The number of hydrogen-bond acceptors (Lipinski definition) is 2. The lowest BCUT2D eigenvalue weighted by atomic mass is 10.1. The van der Waals surface area contributed by atoms with Crippen LogP contribution in [0.1, 0.15) is 36.0 Å². The van der Waals surface area contributed by atoms with E-state index < -0.39 is 5.95 Å². The number of nitrogens with one attached hydrogen (secondary N) is 1. The van der Waals surface area contributed by atoms with E-state index in [0.29, 0.717) is 12.1 Å². The summed E-state index contributed by atoms with van der Waals surface area (Å²) in [7, 11) is 0. The summed E-state index contributed by atoms with van der Waals surface area (Å²) in [6.07, 6.45) is 7.93. The van der Waals surface area contributed by atoms with Gasteiger partial charge in [0.2, 0.25) is 5.95 Å². The third-order valence-corrected chi connectivity index (χ3v) is 2.86. The second-order valence-corrected chi connectivity index (χ2v) is 4.13. The Hall–Kier alpha value is -1.71. The summed E-state index contributed by atoms with van der Waals surface area (Å²) in [4.78, 5) is 15.1. The van der Waals surface area contributed by atoms with E-state index in [-0.39, 0.29) is 5.91 Å². The molecule has 4 heteroatoms. The van der Waals surface area contributed by atoms with Crippen molar-refractivity contribution >= 4 is 5.91 Å². The molecule has 0 aromatic carbocycles. The molecule has 1 aliphatic carbocycles. The first-order valence-electron chi connectivity index (χ1n) is 5.83. The second kappa shape index (κ2) is 5.57. The quantitative estimate of drug-likeness (QED) is 0.642. The van der Waals surface area contributed by atoms with Gasteiger partial charge in [-0.15, -0.1) is 0 Å². The van der Waals surface area contributed by atoms with Gasteiger partial charge in [-0.2, -0.15) is 4.39 Å². The smallest absolute Gasteiger partial charge is 0.252 e. The summed E-state index contributed by atoms with van der Waals surface area (Å²) in [5, 5.41) is 2.80. The van der Waals surface area contributed by atoms with Crippen molar-refractivity contribution in [2.24, 2.45) is 0 Å². The molecule has 0 fully saturated rings. The number of rotatable bonds is 4. The third kappa shape index (κ3) is 3.37. The fourth-order valence-electron chi connectivity index (χ4n) is 1.91. The monoisotopic (exact) mass is 234 g/mol. The molecule has 1 N–H and O–H groups in total. The molecule has 0 saturated heterocycles. The maximum Gasteiger partial charge on any atom is 0.252 e. The molecular formula is C13H15FN2O. The molecule has 0 bridgehead atoms. The molecule has 0 unspecified atom stereocenters. The van der Waals surface area contributed by atoms with Gasteiger partial charge >= 0.3 is 0 Å². The largest absolute Gasteiger partial charge is 0.352 e. The van der Waals surface area contributed by atoms with Crippen LogP contribution < -0.4 is 5.32 Å². The molecule has 0 spiro atoms. The van der Waals surface area contributed by atoms with Gasteiger partial charge < -0.3 is 5.32 Å². The van der Waals surface area contributed by atoms with Crippen molar-refractivity contribution in [2.45, 2.75) is 25.7 Å². The average Bonchev–Trinajstić information content (AvgIpc) is 2.83. The van der Waals surface area contributed by atoms with Gasteiger partial charge in [-0.05, 0) is 37.8 Å². The minimum atomic E-state index is -0.572. The molecule has 0 aliphatic heterocycles. The van der Waals surface area contributed by atoms with E-state index in [2.05, 4.69) is 16.4 Å². The SMILES string of the molecule is O=C(NCCC1=CCCC1)c1ccc(F)nc1. The Morgan fingerprint density at radius 3 is 3.00 bits per heavy atom. The summed E-state index contributed by atoms with van der Waals surface area (Å²) in [6, 6.07) is 2.63. The van der Waals surface area contributed by atoms with E-state index in [1.165, 1.54) is 30.3 Å². The summed E-state index contributed by atoms with van der Waals surface area (Å²) in [6.45, 7) is 0.627. The summed E-state index contributed by atoms with van der Waals surface area (Å²) in [5.41, 5.74) is 1.81. The fraction of sp³-hybridized carbons (Fsp3) is 0.385. The Morgan fingerprint density at radius 2 is 2.35 bits per heavy atom. The molecule has 1 heterocycles. The number of carbonyl (C=O) groups excluding carboxylic acids is 1. The van der Waals surface area contributed by atoms with Gasteiger partial charge in [-0.1, -0.05) is 11.6 Å². The lowest BCUT2D eigenvalue weighted by Gasteiger charge is -2.05. The highest BCUT2D eigenvalue weighted by atomic mass is 19.1. The van der Waals surface area contributed by atoms with E-state index in [1.54, 1.807) is 0 Å². The molecular weight excluding hydrogens is 219 g/mol. The molecule has 90 valence electrons. The molecule has 0 saturated carbocycles. The van der Waals surface area contributed by atoms with Crippen LogP contribution in [0.2, 0.25) is 0 Å². The van der Waals surface area contributed by atoms with Gasteiger partial charge in [0.05, 0.1) is 5.56 Å². The Balaban J connectivity index is 1.79. The zero-order chi connectivity index (χ0) is 12.1. The summed E-state index contributed by atoms with van der Waals surface area (Å²) < 4.78 is 12.6. The van der Waals surface area contributed by atoms with Gasteiger partial charge in [0, 0.05) is 12.7 Å². The predicted octanol–water partition coefficient (Wildman–Crippen LogP) is 2.45. The molecule has 1 amide bonds. The number of nitrogens with zero attached hydrogens (tertiary/aromatic N) is 1. The van der Waals surface area contributed by atoms with Crippen LogP contribution in [0.25, 0.3) is 0 Å². The zero-order valence-electron chi connectivity index (χ0n) is 9.58. The normalized spacial score (nSPS) is 14.5. The van der Waals surface area contributed by atoms with Crippen LogP contribution in [0.5, 0.6) is 0 Å².